The first-order valence-electron chi connectivity index (χ1n) is 10.3. The smallest absolute Gasteiger partial charge is 0.222 e. The van der Waals surface area contributed by atoms with Gasteiger partial charge in [0.15, 0.2) is 0 Å². The molecule has 29 heavy (non-hydrogen) atoms. The summed E-state index contributed by atoms with van der Waals surface area (Å²) in [6.45, 7) is 2.94. The third-order valence-corrected chi connectivity index (χ3v) is 5.45. The van der Waals surface area contributed by atoms with Gasteiger partial charge < -0.3 is 14.7 Å². The lowest BCUT2D eigenvalue weighted by molar-refractivity contribution is -0.130. The molecule has 2 aromatic rings. The number of aryl methyl sites for hydroxylation is 1. The zero-order valence-corrected chi connectivity index (χ0v) is 17.8. The molecule has 7 heteroatoms. The van der Waals surface area contributed by atoms with Gasteiger partial charge in [0.05, 0.1) is 0 Å². The van der Waals surface area contributed by atoms with Crippen LogP contribution in [0.3, 0.4) is 0 Å². The molecule has 1 aliphatic heterocycles. The quantitative estimate of drug-likeness (QED) is 0.573. The number of carbonyl (C=O) groups is 1. The van der Waals surface area contributed by atoms with Crippen molar-refractivity contribution in [2.75, 3.05) is 26.7 Å². The minimum atomic E-state index is -0.277. The van der Waals surface area contributed by atoms with Crippen LogP contribution in [0.25, 0.3) is 11.3 Å². The lowest BCUT2D eigenvalue weighted by Crippen LogP contribution is -2.28. The molecule has 1 saturated heterocycles. The number of benzene rings is 1. The van der Waals surface area contributed by atoms with Crippen molar-refractivity contribution in [2.24, 2.45) is 5.92 Å². The first-order chi connectivity index (χ1) is 13.6. The van der Waals surface area contributed by atoms with Gasteiger partial charge in [-0.1, -0.05) is 23.7 Å². The van der Waals surface area contributed by atoms with Gasteiger partial charge in [0.1, 0.15) is 17.3 Å². The monoisotopic (exact) mass is 423 g/mol. The Morgan fingerprint density at radius 2 is 2.17 bits per heavy atom. The fraction of sp³-hybridized carbons (Fsp3) is 0.545. The maximum Gasteiger partial charge on any atom is 0.222 e. The summed E-state index contributed by atoms with van der Waals surface area (Å²) >= 11 is 0. The molecule has 1 unspecified atom stereocenters. The predicted octanol–water partition coefficient (Wildman–Crippen LogP) is 4.46. The van der Waals surface area contributed by atoms with E-state index in [-0.39, 0.29) is 24.1 Å². The Balaban J connectivity index is 0.00000300. The first kappa shape index (κ1) is 23.4. The van der Waals surface area contributed by atoms with Gasteiger partial charge >= 0.3 is 0 Å². The molecule has 0 aliphatic carbocycles. The van der Waals surface area contributed by atoms with Gasteiger partial charge in [-0.05, 0) is 56.8 Å². The summed E-state index contributed by atoms with van der Waals surface area (Å²) in [6.07, 6.45) is 6.64. The van der Waals surface area contributed by atoms with E-state index in [1.54, 1.807) is 6.07 Å². The number of nitrogens with zero attached hydrogens (tertiary/aromatic N) is 2. The molecule has 0 radical (unpaired) electrons. The Morgan fingerprint density at radius 3 is 2.93 bits per heavy atom. The number of hydrogen-bond acceptors (Lipinski definition) is 4. The maximum absolute atomic E-state index is 13.3. The second kappa shape index (κ2) is 11.9. The van der Waals surface area contributed by atoms with Gasteiger partial charge in [-0.25, -0.2) is 4.39 Å². The van der Waals surface area contributed by atoms with E-state index in [2.05, 4.69) is 10.5 Å². The Morgan fingerprint density at radius 1 is 1.31 bits per heavy atom. The van der Waals surface area contributed by atoms with Crippen LogP contribution in [0.2, 0.25) is 0 Å². The fourth-order valence-corrected chi connectivity index (χ4v) is 3.64. The minimum Gasteiger partial charge on any atom is -0.361 e. The van der Waals surface area contributed by atoms with Crippen LogP contribution < -0.4 is 5.32 Å². The Labute approximate surface area is 178 Å². The summed E-state index contributed by atoms with van der Waals surface area (Å²) in [5.41, 5.74) is 1.39. The topological polar surface area (TPSA) is 58.4 Å². The van der Waals surface area contributed by atoms with Crippen molar-refractivity contribution in [1.29, 1.82) is 0 Å². The molecule has 3 rings (SSSR count). The highest BCUT2D eigenvalue weighted by Crippen LogP contribution is 2.21. The third kappa shape index (κ3) is 7.44. The van der Waals surface area contributed by atoms with E-state index in [1.165, 1.54) is 18.6 Å². The molecule has 160 valence electrons. The van der Waals surface area contributed by atoms with Crippen LogP contribution in [0.4, 0.5) is 4.39 Å². The van der Waals surface area contributed by atoms with Crippen LogP contribution in [0.5, 0.6) is 0 Å². The summed E-state index contributed by atoms with van der Waals surface area (Å²) in [7, 11) is 1.90. The molecule has 0 saturated carbocycles. The number of halogens is 2. The van der Waals surface area contributed by atoms with Gasteiger partial charge in [0, 0.05) is 38.1 Å². The average molecular weight is 424 g/mol. The second-order valence-electron chi connectivity index (χ2n) is 7.71. The zero-order valence-electron chi connectivity index (χ0n) is 17.0. The van der Waals surface area contributed by atoms with E-state index in [0.717, 1.165) is 63.1 Å². The predicted molar refractivity (Wildman–Crippen MR) is 115 cm³/mol. The highest BCUT2D eigenvalue weighted by atomic mass is 35.5. The zero-order chi connectivity index (χ0) is 19.8. The maximum atomic E-state index is 13.3. The van der Waals surface area contributed by atoms with Crippen molar-refractivity contribution in [1.82, 2.24) is 15.4 Å². The normalized spacial score (nSPS) is 15.9. The molecular weight excluding hydrogens is 393 g/mol. The molecule has 2 heterocycles. The summed E-state index contributed by atoms with van der Waals surface area (Å²) in [5, 5.41) is 7.38. The van der Waals surface area contributed by atoms with E-state index in [9.17, 15) is 9.18 Å². The Kier molecular flexibility index (Phi) is 9.61. The molecule has 1 amide bonds. The van der Waals surface area contributed by atoms with Gasteiger partial charge in [-0.15, -0.1) is 12.4 Å². The molecule has 1 aromatic carbocycles. The molecule has 1 aromatic heterocycles. The highest BCUT2D eigenvalue weighted by molar-refractivity contribution is 5.85. The van der Waals surface area contributed by atoms with Crippen LogP contribution in [-0.2, 0) is 11.2 Å². The van der Waals surface area contributed by atoms with E-state index in [4.69, 9.17) is 4.52 Å². The standard InChI is InChI=1S/C22H30FN3O2.ClH/c1-26(22(27)10-9-17-11-12-24-16-17)13-4-2-3-8-20-15-21(25-28-20)18-6-5-7-19(23)14-18;/h5-7,14-15,17,24H,2-4,8-13,16H2,1H3;1H. The molecule has 1 aliphatic rings. The second-order valence-corrected chi connectivity index (χ2v) is 7.71. The largest absolute Gasteiger partial charge is 0.361 e. The molecule has 0 spiro atoms. The number of amides is 1. The highest BCUT2D eigenvalue weighted by Gasteiger charge is 2.17. The third-order valence-electron chi connectivity index (χ3n) is 5.45. The van der Waals surface area contributed by atoms with Crippen molar-refractivity contribution < 1.29 is 13.7 Å². The molecule has 0 bridgehead atoms. The van der Waals surface area contributed by atoms with E-state index in [1.807, 2.05) is 24.1 Å². The summed E-state index contributed by atoms with van der Waals surface area (Å²) in [4.78, 5) is 14.1. The summed E-state index contributed by atoms with van der Waals surface area (Å²) < 4.78 is 18.7. The van der Waals surface area contributed by atoms with Crippen molar-refractivity contribution in [2.45, 2.75) is 44.9 Å². The average Bonchev–Trinajstić information content (AvgIpc) is 3.37. The van der Waals surface area contributed by atoms with Crippen molar-refractivity contribution in [3.63, 3.8) is 0 Å². The van der Waals surface area contributed by atoms with Gasteiger partial charge in [-0.2, -0.15) is 0 Å². The number of carbonyl (C=O) groups excluding carboxylic acids is 1. The van der Waals surface area contributed by atoms with Crippen LogP contribution >= 0.6 is 12.4 Å². The number of nitrogens with one attached hydrogen (secondary N) is 1. The molecular formula is C22H31ClFN3O2. The van der Waals surface area contributed by atoms with Gasteiger partial charge in [0.25, 0.3) is 0 Å². The summed E-state index contributed by atoms with van der Waals surface area (Å²) in [5.74, 6) is 1.45. The van der Waals surface area contributed by atoms with E-state index < -0.39 is 0 Å². The van der Waals surface area contributed by atoms with E-state index >= 15 is 0 Å². The Bertz CT molecular complexity index is 762. The van der Waals surface area contributed by atoms with Crippen LogP contribution in [0, 0.1) is 11.7 Å². The number of rotatable bonds is 10. The van der Waals surface area contributed by atoms with Crippen LogP contribution in [0.1, 0.15) is 44.3 Å². The number of hydrogen-bond donors (Lipinski definition) is 1. The first-order valence-corrected chi connectivity index (χ1v) is 10.3. The SMILES string of the molecule is CN(CCCCCc1cc(-c2cccc(F)c2)no1)C(=O)CCC1CCNC1.Cl. The van der Waals surface area contributed by atoms with E-state index in [0.29, 0.717) is 18.0 Å². The van der Waals surface area contributed by atoms with Crippen molar-refractivity contribution in [3.05, 3.63) is 41.9 Å². The fourth-order valence-electron chi connectivity index (χ4n) is 3.64. The lowest BCUT2D eigenvalue weighted by atomic mass is 10.0. The van der Waals surface area contributed by atoms with Gasteiger partial charge in [-0.3, -0.25) is 4.79 Å². The van der Waals surface area contributed by atoms with Crippen molar-refractivity contribution >= 4 is 18.3 Å². The van der Waals surface area contributed by atoms with Crippen LogP contribution in [-0.4, -0.2) is 42.6 Å². The molecule has 1 fully saturated rings. The summed E-state index contributed by atoms with van der Waals surface area (Å²) in [6, 6.07) is 8.24. The number of unbranched alkanes of at least 4 members (excludes halogenated alkanes) is 2. The number of aromatic nitrogens is 1. The van der Waals surface area contributed by atoms with Crippen molar-refractivity contribution in [3.8, 4) is 11.3 Å². The molecule has 5 nitrogen and oxygen atoms in total. The van der Waals surface area contributed by atoms with Crippen LogP contribution in [0.15, 0.2) is 34.9 Å². The lowest BCUT2D eigenvalue weighted by Gasteiger charge is -2.18. The van der Waals surface area contributed by atoms with Gasteiger partial charge in [0.2, 0.25) is 5.91 Å². The molecule has 1 N–H and O–H groups in total. The molecule has 1 atom stereocenters. The minimum absolute atomic E-state index is 0. The Hall–Kier alpha value is -1.92.